The Hall–Kier alpha value is -18.6. The van der Waals surface area contributed by atoms with Crippen molar-refractivity contribution >= 4 is 153 Å². The van der Waals surface area contributed by atoms with E-state index in [1.165, 1.54) is 241 Å². The van der Waals surface area contributed by atoms with E-state index in [1.54, 1.807) is 0 Å². The predicted octanol–water partition coefficient (Wildman–Crippen LogP) is 38.4. The Kier molecular flexibility index (Phi) is 18.1. The van der Waals surface area contributed by atoms with Crippen LogP contribution in [0.25, 0.3) is 208 Å². The van der Waals surface area contributed by atoms with Gasteiger partial charge >= 0.3 is 0 Å². The Labute approximate surface area is 834 Å². The molecule has 0 atom stereocenters. The van der Waals surface area contributed by atoms with Gasteiger partial charge in [-0.25, -0.2) is 0 Å². The van der Waals surface area contributed by atoms with E-state index in [4.69, 9.17) is 0 Å². The number of hydrogen-bond acceptors (Lipinski definition) is 2. The third kappa shape index (κ3) is 11.9. The SMILES string of the molecule is c1ccc(N(c2ccc3c4ccccc4c4ccccc4c3c2)c2cc3c(cc2-c2ccc(-c4ccc5c(ccc6ccccc65)c4)cc2)-c2ccccc2C32c3ccccc3-c3ccccc32)cc1.c1ccc2c(c1)-c1ccccc1C21c2ccccc2-c2cc(-c3ccc(-c4cc5ccccc5c5ccccc45)cc3)c(N(c3ccc4c5ccccc5c5ccccc5c4c3)c3cccc4ccccc34)cc21. The molecule has 0 radical (unpaired) electrons. The molecule has 4 aliphatic rings. The van der Waals surface area contributed by atoms with Crippen molar-refractivity contribution < 1.29 is 0 Å². The first kappa shape index (κ1) is 81.4. The summed E-state index contributed by atoms with van der Waals surface area (Å²) >= 11 is 0. The average molecular weight is 1820 g/mol. The van der Waals surface area contributed by atoms with Gasteiger partial charge in [0.15, 0.2) is 0 Å². The highest BCUT2D eigenvalue weighted by Gasteiger charge is 2.54. The van der Waals surface area contributed by atoms with E-state index in [0.717, 1.165) is 45.3 Å². The van der Waals surface area contributed by atoms with Crippen molar-refractivity contribution in [1.82, 2.24) is 0 Å². The lowest BCUT2D eigenvalue weighted by atomic mass is 9.70. The highest BCUT2D eigenvalue weighted by Crippen LogP contribution is 2.67. The van der Waals surface area contributed by atoms with E-state index >= 15 is 0 Å². The van der Waals surface area contributed by atoms with Gasteiger partial charge in [0.1, 0.15) is 0 Å². The maximum atomic E-state index is 2.58. The van der Waals surface area contributed by atoms with Crippen LogP contribution in [0.5, 0.6) is 0 Å². The molecule has 0 N–H and O–H groups in total. The molecule has 0 unspecified atom stereocenters. The second-order valence-corrected chi connectivity index (χ2v) is 39.3. The maximum Gasteiger partial charge on any atom is 0.0726 e. The Morgan fingerprint density at radius 1 is 0.111 bits per heavy atom. The fourth-order valence-corrected chi connectivity index (χ4v) is 26.1. The summed E-state index contributed by atoms with van der Waals surface area (Å²) in [6.07, 6.45) is 0. The largest absolute Gasteiger partial charge is 0.310 e. The van der Waals surface area contributed by atoms with Crippen molar-refractivity contribution in [2.75, 3.05) is 9.80 Å². The molecule has 0 heterocycles. The summed E-state index contributed by atoms with van der Waals surface area (Å²) in [6, 6.07) is 200. The average Bonchev–Trinajstić information content (AvgIpc) is 1.51. The van der Waals surface area contributed by atoms with E-state index in [-0.39, 0.29) is 0 Å². The number of benzene rings is 27. The van der Waals surface area contributed by atoms with Crippen LogP contribution in [-0.4, -0.2) is 0 Å². The van der Waals surface area contributed by atoms with Crippen LogP contribution in [0.15, 0.2) is 534 Å². The molecular formula is C142H88N2. The van der Waals surface area contributed by atoms with Crippen LogP contribution in [0.1, 0.15) is 44.5 Å². The zero-order valence-corrected chi connectivity index (χ0v) is 78.7. The van der Waals surface area contributed by atoms with Crippen LogP contribution in [0.4, 0.5) is 34.1 Å². The van der Waals surface area contributed by atoms with Gasteiger partial charge in [0.2, 0.25) is 0 Å². The van der Waals surface area contributed by atoms with Crippen LogP contribution < -0.4 is 9.80 Å². The molecular weight excluding hydrogens is 1730 g/mol. The monoisotopic (exact) mass is 1820 g/mol. The minimum atomic E-state index is -0.531. The molecule has 27 aromatic carbocycles. The molecule has 2 spiro atoms. The fourth-order valence-electron chi connectivity index (χ4n) is 26.1. The molecule has 0 aromatic heterocycles. The van der Waals surface area contributed by atoms with Gasteiger partial charge in [-0.3, -0.25) is 0 Å². The standard InChI is InChI=1S/C73H45N.C69H43N/c1-4-22-52-46(18-1)20-17-35-71(52)74(50-40-41-59-56-26-7-6-24-54(56)55-25-8-10-28-58(55)65(59)43-50)72-45-70-66(62-31-13-16-34-69(62)73(70)67-32-14-11-29-60(67)61-30-12-15-33-68(61)73)44-64(72)48-38-36-47(37-39-48)63-42-49-19-2-3-21-51(49)53-23-5-9-27-57(53)63;1-2-17-49(18-3-1)70(50-37-39-57-55-22-7-6-20-53(55)54-21-8-9-23-56(54)62(57)41-50)68-43-67-63(60-26-12-15-29-66(60)69(67)64-27-13-10-24-58(64)59-25-11-14-28-65(59)69)42-61(68)46-32-30-44(31-33-46)47-36-38-52-48(40-47)35-34-45-16-4-5-19-51(45)52/h1-45H;1-43H. The molecule has 0 amide bonds. The van der Waals surface area contributed by atoms with Crippen LogP contribution in [-0.2, 0) is 10.8 Å². The molecule has 4 aliphatic carbocycles. The number of nitrogens with zero attached hydrogens (tertiary/aromatic N) is 2. The third-order valence-corrected chi connectivity index (χ3v) is 32.3. The molecule has 0 bridgehead atoms. The van der Waals surface area contributed by atoms with Gasteiger partial charge in [-0.15, -0.1) is 0 Å². The zero-order valence-electron chi connectivity index (χ0n) is 78.7. The Morgan fingerprint density at radius 2 is 0.396 bits per heavy atom. The molecule has 144 heavy (non-hydrogen) atoms. The van der Waals surface area contributed by atoms with E-state index in [2.05, 4.69) is 544 Å². The molecule has 27 aromatic rings. The molecule has 2 nitrogen and oxygen atoms in total. The summed E-state index contributed by atoms with van der Waals surface area (Å²) < 4.78 is 0. The lowest BCUT2D eigenvalue weighted by Gasteiger charge is -2.34. The summed E-state index contributed by atoms with van der Waals surface area (Å²) in [6.45, 7) is 0. The van der Waals surface area contributed by atoms with E-state index in [0.29, 0.717) is 0 Å². The second kappa shape index (κ2) is 32.0. The molecule has 0 aliphatic heterocycles. The number of fused-ring (bicyclic) bond motifs is 39. The van der Waals surface area contributed by atoms with Gasteiger partial charge in [-0.1, -0.05) is 455 Å². The topological polar surface area (TPSA) is 6.48 Å². The number of anilines is 6. The summed E-state index contributed by atoms with van der Waals surface area (Å²) in [5.74, 6) is 0. The quantitative estimate of drug-likeness (QED) is 0.126. The first-order valence-electron chi connectivity index (χ1n) is 50.2. The fraction of sp³-hybridized carbons (Fsp3) is 0.0141. The van der Waals surface area contributed by atoms with Crippen molar-refractivity contribution in [3.63, 3.8) is 0 Å². The van der Waals surface area contributed by atoms with Crippen LogP contribution in [0.3, 0.4) is 0 Å². The van der Waals surface area contributed by atoms with Crippen molar-refractivity contribution in [3.05, 3.63) is 578 Å². The van der Waals surface area contributed by atoms with Crippen molar-refractivity contribution in [3.8, 4) is 89.0 Å². The van der Waals surface area contributed by atoms with Gasteiger partial charge in [-0.05, 0) is 314 Å². The molecule has 666 valence electrons. The van der Waals surface area contributed by atoms with Gasteiger partial charge in [0, 0.05) is 33.6 Å². The minimum absolute atomic E-state index is 0.501. The second-order valence-electron chi connectivity index (χ2n) is 39.3. The lowest BCUT2D eigenvalue weighted by molar-refractivity contribution is 0.794. The summed E-state index contributed by atoms with van der Waals surface area (Å²) in [7, 11) is 0. The van der Waals surface area contributed by atoms with Crippen LogP contribution >= 0.6 is 0 Å². The summed E-state index contributed by atoms with van der Waals surface area (Å²) in [5, 5.41) is 27.6. The highest BCUT2D eigenvalue weighted by molar-refractivity contribution is 6.28. The van der Waals surface area contributed by atoms with E-state index < -0.39 is 10.8 Å². The third-order valence-electron chi connectivity index (χ3n) is 32.3. The van der Waals surface area contributed by atoms with Gasteiger partial charge in [0.05, 0.1) is 27.9 Å². The van der Waals surface area contributed by atoms with Crippen molar-refractivity contribution in [2.45, 2.75) is 10.8 Å². The molecule has 2 heteroatoms. The number of para-hydroxylation sites is 1. The Balaban J connectivity index is 0.000000134. The van der Waals surface area contributed by atoms with Gasteiger partial charge in [0.25, 0.3) is 0 Å². The van der Waals surface area contributed by atoms with Gasteiger partial charge < -0.3 is 9.80 Å². The Bertz CT molecular complexity index is 9960. The van der Waals surface area contributed by atoms with Gasteiger partial charge in [-0.2, -0.15) is 0 Å². The number of rotatable bonds is 10. The summed E-state index contributed by atoms with van der Waals surface area (Å²) in [4.78, 5) is 5.10. The smallest absolute Gasteiger partial charge is 0.0726 e. The first-order valence-corrected chi connectivity index (χ1v) is 50.2. The lowest BCUT2D eigenvalue weighted by Crippen LogP contribution is -2.26. The summed E-state index contributed by atoms with van der Waals surface area (Å²) in [5.41, 5.74) is 36.1. The number of hydrogen-bond donors (Lipinski definition) is 0. The normalized spacial score (nSPS) is 13.0. The van der Waals surface area contributed by atoms with Crippen LogP contribution in [0.2, 0.25) is 0 Å². The highest BCUT2D eigenvalue weighted by atomic mass is 15.2. The Morgan fingerprint density at radius 3 is 0.847 bits per heavy atom. The van der Waals surface area contributed by atoms with Crippen molar-refractivity contribution in [2.24, 2.45) is 0 Å². The van der Waals surface area contributed by atoms with E-state index in [9.17, 15) is 0 Å². The zero-order chi connectivity index (χ0) is 94.4. The molecule has 0 saturated heterocycles. The molecule has 0 saturated carbocycles. The van der Waals surface area contributed by atoms with Crippen molar-refractivity contribution in [1.29, 1.82) is 0 Å². The molecule has 0 fully saturated rings. The maximum absolute atomic E-state index is 2.58. The first-order chi connectivity index (χ1) is 71.4. The van der Waals surface area contributed by atoms with Crippen LogP contribution in [0, 0.1) is 0 Å². The minimum Gasteiger partial charge on any atom is -0.310 e. The predicted molar refractivity (Wildman–Crippen MR) is 609 cm³/mol. The molecule has 31 rings (SSSR count). The van der Waals surface area contributed by atoms with E-state index in [1.807, 2.05) is 0 Å².